The smallest absolute Gasteiger partial charge is 0.408 e. The number of nitrogens with zero attached hydrogens (tertiary/aromatic N) is 5. The first kappa shape index (κ1) is 31.3. The number of amides is 4. The highest BCUT2D eigenvalue weighted by molar-refractivity contribution is 6.06. The fourth-order valence-electron chi connectivity index (χ4n) is 5.34. The number of anilines is 1. The van der Waals surface area contributed by atoms with Crippen LogP contribution in [0, 0.1) is 5.92 Å². The summed E-state index contributed by atoms with van der Waals surface area (Å²) in [6.07, 6.45) is 3.31. The van der Waals surface area contributed by atoms with Gasteiger partial charge in [-0.2, -0.15) is 5.21 Å². The average molecular weight is 600 g/mol. The number of rotatable bonds is 11. The summed E-state index contributed by atoms with van der Waals surface area (Å²) in [7, 11) is 0. The summed E-state index contributed by atoms with van der Waals surface area (Å²) in [6.45, 7) is 5.06. The lowest BCUT2D eigenvalue weighted by Gasteiger charge is -2.31. The van der Waals surface area contributed by atoms with Gasteiger partial charge in [0.2, 0.25) is 11.8 Å². The zero-order valence-electron chi connectivity index (χ0n) is 24.3. The van der Waals surface area contributed by atoms with Crippen LogP contribution in [0.15, 0.2) is 18.3 Å². The minimum absolute atomic E-state index is 0.0454. The maximum absolute atomic E-state index is 14.1. The summed E-state index contributed by atoms with van der Waals surface area (Å²) >= 11 is 0. The van der Waals surface area contributed by atoms with Crippen molar-refractivity contribution in [2.24, 2.45) is 5.92 Å². The van der Waals surface area contributed by atoms with Crippen LogP contribution in [-0.4, -0.2) is 84.2 Å². The molecule has 0 radical (unpaired) electrons. The first-order valence-corrected chi connectivity index (χ1v) is 14.2. The van der Waals surface area contributed by atoms with Crippen molar-refractivity contribution in [3.05, 3.63) is 29.7 Å². The van der Waals surface area contributed by atoms with E-state index in [1.54, 1.807) is 32.9 Å². The molecule has 2 aromatic heterocycles. The number of carbonyl (C=O) groups is 5. The number of nitrogens with one attached hydrogen (secondary N) is 4. The molecule has 4 rings (SSSR count). The maximum atomic E-state index is 14.1. The van der Waals surface area contributed by atoms with Crippen LogP contribution in [0.25, 0.3) is 0 Å². The van der Waals surface area contributed by atoms with E-state index >= 15 is 0 Å². The van der Waals surface area contributed by atoms with Crippen molar-refractivity contribution in [3.63, 3.8) is 0 Å². The Bertz CT molecular complexity index is 1320. The summed E-state index contributed by atoms with van der Waals surface area (Å²) in [5.41, 5.74) is -0.162. The van der Waals surface area contributed by atoms with Gasteiger partial charge in [-0.15, -0.1) is 10.2 Å². The van der Waals surface area contributed by atoms with Crippen molar-refractivity contribution in [1.82, 2.24) is 41.6 Å². The standard InChI is InChI=1S/C27H37N9O7/c1-27(2,3)43-26(42)31-21(15-7-4-5-8-15)24(40)30-17(10-11-20(37)38)25(41)36-18(13-16-9-6-12-28-22(16)36)23(39)29-14-19-32-34-35-33-19/h6,9,12,15,17-18,21H,4-5,7-8,10-11,13-14H2,1-3H3,(H,29,39)(H,30,40)(H,31,42)(H,37,38)(H,32,33,34,35)/t17?,18-,21-/m0/s1. The Morgan fingerprint density at radius 3 is 2.56 bits per heavy atom. The summed E-state index contributed by atoms with van der Waals surface area (Å²) in [5.74, 6) is -2.74. The summed E-state index contributed by atoms with van der Waals surface area (Å²) in [5, 5.41) is 30.8. The molecule has 43 heavy (non-hydrogen) atoms. The Morgan fingerprint density at radius 2 is 1.91 bits per heavy atom. The number of carboxylic acid groups (broad SMARTS) is 1. The molecule has 5 N–H and O–H groups in total. The van der Waals surface area contributed by atoms with E-state index in [1.165, 1.54) is 11.1 Å². The van der Waals surface area contributed by atoms with Crippen LogP contribution in [0.2, 0.25) is 0 Å². The van der Waals surface area contributed by atoms with Crippen LogP contribution >= 0.6 is 0 Å². The number of hydrogen-bond donors (Lipinski definition) is 5. The van der Waals surface area contributed by atoms with Gasteiger partial charge in [0.15, 0.2) is 5.82 Å². The van der Waals surface area contributed by atoms with Crippen LogP contribution in [0.5, 0.6) is 0 Å². The van der Waals surface area contributed by atoms with Crippen LogP contribution in [0.4, 0.5) is 10.6 Å². The molecule has 2 aliphatic rings. The second kappa shape index (κ2) is 13.6. The molecule has 0 aromatic carbocycles. The number of aliphatic carboxylic acids is 1. The summed E-state index contributed by atoms with van der Waals surface area (Å²) in [4.78, 5) is 70.7. The SMILES string of the molecule is CC(C)(C)OC(=O)N[C@H](C(=O)NC(CCC(=O)O)C(=O)N1c2ncccc2C[C@H]1C(=O)NCc1nn[nH]n1)C1CCCC1. The van der Waals surface area contributed by atoms with Gasteiger partial charge < -0.3 is 25.8 Å². The van der Waals surface area contributed by atoms with Gasteiger partial charge in [-0.3, -0.25) is 24.1 Å². The molecule has 232 valence electrons. The highest BCUT2D eigenvalue weighted by Gasteiger charge is 2.43. The van der Waals surface area contributed by atoms with Crippen LogP contribution in [-0.2, 0) is 36.9 Å². The summed E-state index contributed by atoms with van der Waals surface area (Å²) < 4.78 is 5.37. The molecular weight excluding hydrogens is 562 g/mol. The maximum Gasteiger partial charge on any atom is 0.408 e. The first-order chi connectivity index (χ1) is 20.4. The molecule has 4 amide bonds. The van der Waals surface area contributed by atoms with E-state index in [-0.39, 0.29) is 36.9 Å². The van der Waals surface area contributed by atoms with E-state index < -0.39 is 59.9 Å². The Kier molecular flexibility index (Phi) is 9.88. The molecule has 1 aliphatic heterocycles. The molecule has 16 nitrogen and oxygen atoms in total. The quantitative estimate of drug-likeness (QED) is 0.241. The monoisotopic (exact) mass is 599 g/mol. The lowest BCUT2D eigenvalue weighted by Crippen LogP contribution is -2.59. The first-order valence-electron chi connectivity index (χ1n) is 14.2. The Balaban J connectivity index is 1.57. The largest absolute Gasteiger partial charge is 0.481 e. The minimum atomic E-state index is -1.33. The molecule has 0 spiro atoms. The van der Waals surface area contributed by atoms with Gasteiger partial charge in [-0.25, -0.2) is 9.78 Å². The van der Waals surface area contributed by atoms with Crippen LogP contribution < -0.4 is 20.9 Å². The van der Waals surface area contributed by atoms with Crippen LogP contribution in [0.1, 0.15) is 70.7 Å². The molecule has 16 heteroatoms. The number of aromatic nitrogens is 5. The Morgan fingerprint density at radius 1 is 1.16 bits per heavy atom. The average Bonchev–Trinajstić information content (AvgIpc) is 3.72. The molecule has 0 bridgehead atoms. The van der Waals surface area contributed by atoms with Crippen molar-refractivity contribution >= 4 is 35.6 Å². The fourth-order valence-corrected chi connectivity index (χ4v) is 5.34. The minimum Gasteiger partial charge on any atom is -0.481 e. The van der Waals surface area contributed by atoms with Gasteiger partial charge in [0.1, 0.15) is 29.5 Å². The van der Waals surface area contributed by atoms with Gasteiger partial charge in [0.25, 0.3) is 5.91 Å². The van der Waals surface area contributed by atoms with Gasteiger partial charge in [-0.1, -0.05) is 24.1 Å². The van der Waals surface area contributed by atoms with Gasteiger partial charge >= 0.3 is 12.1 Å². The lowest BCUT2D eigenvalue weighted by atomic mass is 9.96. The molecular formula is C27H37N9O7. The topological polar surface area (TPSA) is 221 Å². The number of tetrazole rings is 1. The molecule has 1 fully saturated rings. The zero-order valence-corrected chi connectivity index (χ0v) is 24.3. The number of alkyl carbamates (subject to hydrolysis) is 1. The van der Waals surface area contributed by atoms with Crippen LogP contribution in [0.3, 0.4) is 0 Å². The van der Waals surface area contributed by atoms with E-state index in [1.807, 2.05) is 0 Å². The number of ether oxygens (including phenoxy) is 1. The van der Waals surface area contributed by atoms with Crippen molar-refractivity contribution in [3.8, 4) is 0 Å². The second-order valence-corrected chi connectivity index (χ2v) is 11.6. The van der Waals surface area contributed by atoms with Gasteiger partial charge in [0, 0.05) is 19.0 Å². The predicted octanol–water partition coefficient (Wildman–Crippen LogP) is 0.602. The highest BCUT2D eigenvalue weighted by Crippen LogP contribution is 2.32. The summed E-state index contributed by atoms with van der Waals surface area (Å²) in [6, 6.07) is 0.0584. The van der Waals surface area contributed by atoms with Crippen molar-refractivity contribution in [2.45, 2.75) is 96.0 Å². The van der Waals surface area contributed by atoms with E-state index in [2.05, 4.69) is 41.6 Å². The van der Waals surface area contributed by atoms with E-state index in [4.69, 9.17) is 4.74 Å². The van der Waals surface area contributed by atoms with Crippen molar-refractivity contribution in [1.29, 1.82) is 0 Å². The number of aromatic amines is 1. The Labute approximate surface area is 247 Å². The number of H-pyrrole nitrogens is 1. The van der Waals surface area contributed by atoms with Crippen molar-refractivity contribution in [2.75, 3.05) is 4.90 Å². The number of pyridine rings is 1. The Hall–Kier alpha value is -4.63. The van der Waals surface area contributed by atoms with E-state index in [0.29, 0.717) is 18.4 Å². The molecule has 1 aliphatic carbocycles. The van der Waals surface area contributed by atoms with E-state index in [9.17, 15) is 29.1 Å². The highest BCUT2D eigenvalue weighted by atomic mass is 16.6. The third kappa shape index (κ3) is 8.23. The predicted molar refractivity (Wildman–Crippen MR) is 149 cm³/mol. The molecule has 3 atom stereocenters. The molecule has 1 unspecified atom stereocenters. The fraction of sp³-hybridized carbons (Fsp3) is 0.593. The van der Waals surface area contributed by atoms with Crippen molar-refractivity contribution < 1.29 is 33.8 Å². The molecule has 0 saturated heterocycles. The number of carbonyl (C=O) groups excluding carboxylic acids is 4. The molecule has 2 aromatic rings. The molecule has 3 heterocycles. The van der Waals surface area contributed by atoms with Gasteiger partial charge in [-0.05, 0) is 57.6 Å². The van der Waals surface area contributed by atoms with Gasteiger partial charge in [0.05, 0.1) is 6.54 Å². The number of hydrogen-bond acceptors (Lipinski definition) is 10. The third-order valence-electron chi connectivity index (χ3n) is 7.26. The lowest BCUT2D eigenvalue weighted by molar-refractivity contribution is -0.138. The van der Waals surface area contributed by atoms with E-state index in [0.717, 1.165) is 12.8 Å². The second-order valence-electron chi connectivity index (χ2n) is 11.6. The molecule has 1 saturated carbocycles. The number of fused-ring (bicyclic) bond motifs is 1. The number of carboxylic acids is 1. The zero-order chi connectivity index (χ0) is 31.1. The normalized spacial score (nSPS) is 17.9. The third-order valence-corrected chi connectivity index (χ3v) is 7.26.